The molecular formula is C33H30N4O4S2. The molecule has 6 rings (SSSR count). The minimum atomic E-state index is -0.655. The second kappa shape index (κ2) is 12.4. The van der Waals surface area contributed by atoms with Crippen molar-refractivity contribution >= 4 is 51.9 Å². The van der Waals surface area contributed by atoms with E-state index < -0.39 is 6.04 Å². The van der Waals surface area contributed by atoms with Crippen LogP contribution >= 0.6 is 22.7 Å². The largest absolute Gasteiger partial charge is 0.333 e. The van der Waals surface area contributed by atoms with Gasteiger partial charge in [-0.1, -0.05) is 54.6 Å². The van der Waals surface area contributed by atoms with E-state index in [2.05, 4.69) is 5.32 Å². The van der Waals surface area contributed by atoms with Crippen molar-refractivity contribution in [3.8, 4) is 21.8 Å². The van der Waals surface area contributed by atoms with Crippen LogP contribution in [0.1, 0.15) is 35.0 Å². The van der Waals surface area contributed by atoms with Crippen LogP contribution in [0.3, 0.4) is 0 Å². The van der Waals surface area contributed by atoms with Crippen molar-refractivity contribution < 1.29 is 19.2 Å². The zero-order valence-electron chi connectivity index (χ0n) is 23.6. The van der Waals surface area contributed by atoms with Crippen molar-refractivity contribution in [1.82, 2.24) is 14.8 Å². The van der Waals surface area contributed by atoms with Crippen molar-refractivity contribution in [3.63, 3.8) is 0 Å². The number of thiophene rings is 1. The lowest BCUT2D eigenvalue weighted by molar-refractivity contribution is -0.135. The summed E-state index contributed by atoms with van der Waals surface area (Å²) >= 11 is 2.90. The molecular weight excluding hydrogens is 581 g/mol. The summed E-state index contributed by atoms with van der Waals surface area (Å²) in [5, 5.41) is 7.64. The number of carbonyl (C=O) groups excluding carboxylic acids is 4. The molecule has 3 amide bonds. The van der Waals surface area contributed by atoms with Gasteiger partial charge < -0.3 is 15.1 Å². The Hall–Kier alpha value is -4.41. The molecule has 2 aliphatic rings. The number of thiazole rings is 1. The smallest absolute Gasteiger partial charge is 0.265 e. The molecule has 1 fully saturated rings. The van der Waals surface area contributed by atoms with E-state index in [0.717, 1.165) is 40.2 Å². The third-order valence-electron chi connectivity index (χ3n) is 7.78. The fourth-order valence-corrected chi connectivity index (χ4v) is 7.06. The average molecular weight is 611 g/mol. The van der Waals surface area contributed by atoms with Crippen LogP contribution in [0.5, 0.6) is 0 Å². The Balaban J connectivity index is 1.06. The average Bonchev–Trinajstić information content (AvgIpc) is 3.84. The Morgan fingerprint density at radius 3 is 2.44 bits per heavy atom. The molecule has 10 heteroatoms. The Kier molecular flexibility index (Phi) is 8.31. The fourth-order valence-electron chi connectivity index (χ4n) is 5.54. The maximum Gasteiger partial charge on any atom is 0.265 e. The highest BCUT2D eigenvalue weighted by atomic mass is 32.1. The van der Waals surface area contributed by atoms with Gasteiger partial charge in [0.15, 0.2) is 5.78 Å². The summed E-state index contributed by atoms with van der Waals surface area (Å²) in [5.74, 6) is -0.364. The van der Waals surface area contributed by atoms with Gasteiger partial charge in [0.2, 0.25) is 5.91 Å². The number of benzene rings is 2. The number of ketones is 1. The first kappa shape index (κ1) is 28.7. The standard InChI is InChI=1S/C33H30N4O4S2/c1-21(38)36-16-2-5-27(36)29(39)19-22-8-10-24(11-9-22)32-35-26(20-43-32)23-12-14-25(15-13-23)34-31(40)28-6-3-17-37(28)33(41)30-7-4-18-42-30/h3-4,6-15,18,20,27-28H,2,5,16-17,19H2,1H3,(H,34,40)/t27-,28-/m0/s1. The van der Waals surface area contributed by atoms with Crippen LogP contribution in [0, 0.1) is 0 Å². The highest BCUT2D eigenvalue weighted by Gasteiger charge is 2.32. The number of nitrogens with one attached hydrogen (secondary N) is 1. The number of likely N-dealkylation sites (tertiary alicyclic amines) is 1. The molecule has 2 aromatic heterocycles. The molecule has 1 N–H and O–H groups in total. The predicted molar refractivity (Wildman–Crippen MR) is 169 cm³/mol. The van der Waals surface area contributed by atoms with E-state index in [9.17, 15) is 19.2 Å². The lowest BCUT2D eigenvalue weighted by Gasteiger charge is -2.23. The summed E-state index contributed by atoms with van der Waals surface area (Å²) in [7, 11) is 0. The maximum absolute atomic E-state index is 13.0. The number of carbonyl (C=O) groups is 4. The van der Waals surface area contributed by atoms with Gasteiger partial charge in [0.05, 0.1) is 16.6 Å². The van der Waals surface area contributed by atoms with Crippen molar-refractivity contribution in [3.05, 3.63) is 94.0 Å². The molecule has 0 radical (unpaired) electrons. The van der Waals surface area contributed by atoms with E-state index in [1.165, 1.54) is 29.6 Å². The Labute approximate surface area is 257 Å². The van der Waals surface area contributed by atoms with E-state index in [-0.39, 0.29) is 29.5 Å². The Morgan fingerprint density at radius 1 is 0.953 bits per heavy atom. The number of Topliss-reactive ketones (excluding diaryl/α,β-unsaturated/α-hetero) is 1. The van der Waals surface area contributed by atoms with Gasteiger partial charge in [-0.25, -0.2) is 4.98 Å². The molecule has 0 spiro atoms. The molecule has 0 saturated carbocycles. The minimum Gasteiger partial charge on any atom is -0.333 e. The molecule has 0 unspecified atom stereocenters. The normalized spacial score (nSPS) is 17.8. The molecule has 8 nitrogen and oxygen atoms in total. The van der Waals surface area contributed by atoms with E-state index in [4.69, 9.17) is 4.98 Å². The van der Waals surface area contributed by atoms with Crippen LogP contribution in [0.2, 0.25) is 0 Å². The second-order valence-corrected chi connectivity index (χ2v) is 12.4. The van der Waals surface area contributed by atoms with E-state index >= 15 is 0 Å². The van der Waals surface area contributed by atoms with Crippen LogP contribution in [0.4, 0.5) is 5.69 Å². The quantitative estimate of drug-likeness (QED) is 0.259. The van der Waals surface area contributed by atoms with Crippen LogP contribution in [0.25, 0.3) is 21.8 Å². The second-order valence-electron chi connectivity index (χ2n) is 10.6. The van der Waals surface area contributed by atoms with Crippen LogP contribution in [0.15, 0.2) is 83.6 Å². The van der Waals surface area contributed by atoms with Gasteiger partial charge in [-0.3, -0.25) is 19.2 Å². The highest BCUT2D eigenvalue weighted by molar-refractivity contribution is 7.13. The molecule has 43 heavy (non-hydrogen) atoms. The SMILES string of the molecule is CC(=O)N1CCC[C@H]1C(=O)Cc1ccc(-c2nc(-c3ccc(NC(=O)[C@@H]4C=CCN4C(=O)c4cccs4)cc3)cs2)cc1. The number of hydrogen-bond acceptors (Lipinski definition) is 7. The van der Waals surface area contributed by atoms with Gasteiger partial charge in [-0.15, -0.1) is 22.7 Å². The number of rotatable bonds is 8. The monoisotopic (exact) mass is 610 g/mol. The first-order chi connectivity index (χ1) is 20.9. The molecule has 218 valence electrons. The molecule has 2 aliphatic heterocycles. The highest BCUT2D eigenvalue weighted by Crippen LogP contribution is 2.30. The number of hydrogen-bond donors (Lipinski definition) is 1. The molecule has 0 aliphatic carbocycles. The molecule has 4 aromatic rings. The molecule has 1 saturated heterocycles. The first-order valence-corrected chi connectivity index (χ1v) is 15.9. The lowest BCUT2D eigenvalue weighted by Crippen LogP contribution is -2.43. The third-order valence-corrected chi connectivity index (χ3v) is 9.53. The van der Waals surface area contributed by atoms with Gasteiger partial charge in [0.1, 0.15) is 11.0 Å². The van der Waals surface area contributed by atoms with Crippen molar-refractivity contribution in [1.29, 1.82) is 0 Å². The zero-order valence-corrected chi connectivity index (χ0v) is 25.2. The van der Waals surface area contributed by atoms with Crippen molar-refractivity contribution in [2.75, 3.05) is 18.4 Å². The third kappa shape index (κ3) is 6.21. The molecule has 0 bridgehead atoms. The van der Waals surface area contributed by atoms with Crippen molar-refractivity contribution in [2.24, 2.45) is 0 Å². The van der Waals surface area contributed by atoms with Gasteiger partial charge in [-0.05, 0) is 42.0 Å². The number of nitrogens with zero attached hydrogens (tertiary/aromatic N) is 3. The van der Waals surface area contributed by atoms with Crippen molar-refractivity contribution in [2.45, 2.75) is 38.3 Å². The van der Waals surface area contributed by atoms with Crippen LogP contribution in [-0.4, -0.2) is 63.5 Å². The minimum absolute atomic E-state index is 0.0406. The lowest BCUT2D eigenvalue weighted by atomic mass is 10.0. The summed E-state index contributed by atoms with van der Waals surface area (Å²) in [6, 6.07) is 18.0. The Morgan fingerprint density at radius 2 is 1.72 bits per heavy atom. The summed E-state index contributed by atoms with van der Waals surface area (Å²) < 4.78 is 0. The summed E-state index contributed by atoms with van der Waals surface area (Å²) in [6.07, 6.45) is 5.51. The maximum atomic E-state index is 13.0. The summed E-state index contributed by atoms with van der Waals surface area (Å²) in [4.78, 5) is 59.1. The summed E-state index contributed by atoms with van der Waals surface area (Å²) in [6.45, 7) is 2.58. The van der Waals surface area contributed by atoms with Gasteiger partial charge in [0.25, 0.3) is 11.8 Å². The topological polar surface area (TPSA) is 99.7 Å². The predicted octanol–water partition coefficient (Wildman–Crippen LogP) is 5.68. The summed E-state index contributed by atoms with van der Waals surface area (Å²) in [5.41, 5.74) is 4.28. The molecule has 4 heterocycles. The Bertz CT molecular complexity index is 1680. The van der Waals surface area contributed by atoms with E-state index in [0.29, 0.717) is 30.1 Å². The van der Waals surface area contributed by atoms with Gasteiger partial charge in [0, 0.05) is 48.6 Å². The molecule has 2 atom stereocenters. The van der Waals surface area contributed by atoms with Crippen LogP contribution in [-0.2, 0) is 20.8 Å². The number of anilines is 1. The zero-order chi connectivity index (χ0) is 29.9. The molecule has 2 aromatic carbocycles. The van der Waals surface area contributed by atoms with E-state index in [1.54, 1.807) is 21.9 Å². The fraction of sp³-hybridized carbons (Fsp3) is 0.242. The van der Waals surface area contributed by atoms with E-state index in [1.807, 2.05) is 71.4 Å². The first-order valence-electron chi connectivity index (χ1n) is 14.1. The number of amides is 3. The van der Waals surface area contributed by atoms with Gasteiger partial charge >= 0.3 is 0 Å². The van der Waals surface area contributed by atoms with Crippen LogP contribution < -0.4 is 5.32 Å². The number of aromatic nitrogens is 1. The van der Waals surface area contributed by atoms with Gasteiger partial charge in [-0.2, -0.15) is 0 Å².